The average molecular weight is 342 g/mol. The van der Waals surface area contributed by atoms with E-state index in [9.17, 15) is 9.59 Å². The van der Waals surface area contributed by atoms with Gasteiger partial charge in [0.1, 0.15) is 0 Å². The first kappa shape index (κ1) is 16.1. The van der Waals surface area contributed by atoms with Crippen LogP contribution in [0.4, 0.5) is 0 Å². The fourth-order valence-electron chi connectivity index (χ4n) is 3.89. The Morgan fingerprint density at radius 3 is 2.76 bits per heavy atom. The standard InChI is InChI=1S/C18H22N4O3/c23-17-11-12-3-1-2-4-15(12)21-22(17)14-7-5-13(6-8-14)20-18(24)16-9-10-19-25-16/h9-11,13-14H,1-8H2,(H,20,24). The number of hydrogen-bond donors (Lipinski definition) is 1. The van der Waals surface area contributed by atoms with Crippen LogP contribution >= 0.6 is 0 Å². The van der Waals surface area contributed by atoms with E-state index in [0.717, 1.165) is 62.6 Å². The third kappa shape index (κ3) is 3.36. The van der Waals surface area contributed by atoms with E-state index in [4.69, 9.17) is 4.52 Å². The van der Waals surface area contributed by atoms with Gasteiger partial charge in [-0.2, -0.15) is 5.10 Å². The van der Waals surface area contributed by atoms with Crippen molar-refractivity contribution >= 4 is 5.91 Å². The van der Waals surface area contributed by atoms with E-state index >= 15 is 0 Å². The van der Waals surface area contributed by atoms with Crippen LogP contribution in [0.15, 0.2) is 27.6 Å². The Labute approximate surface area is 145 Å². The molecule has 1 saturated carbocycles. The predicted octanol–water partition coefficient (Wildman–Crippen LogP) is 2.02. The molecule has 25 heavy (non-hydrogen) atoms. The van der Waals surface area contributed by atoms with Crippen LogP contribution in [0.3, 0.4) is 0 Å². The maximum atomic E-state index is 12.4. The number of aromatic nitrogens is 3. The normalized spacial score (nSPS) is 23.0. The number of rotatable bonds is 3. The second-order valence-corrected chi connectivity index (χ2v) is 6.96. The van der Waals surface area contributed by atoms with Crippen LogP contribution in [0.25, 0.3) is 0 Å². The summed E-state index contributed by atoms with van der Waals surface area (Å²) in [6, 6.07) is 3.55. The second-order valence-electron chi connectivity index (χ2n) is 6.96. The van der Waals surface area contributed by atoms with Crippen LogP contribution in [-0.4, -0.2) is 26.9 Å². The molecule has 0 aromatic carbocycles. The topological polar surface area (TPSA) is 90.0 Å². The quantitative estimate of drug-likeness (QED) is 0.922. The molecular formula is C18H22N4O3. The van der Waals surface area contributed by atoms with Gasteiger partial charge in [0.05, 0.1) is 17.9 Å². The third-order valence-electron chi connectivity index (χ3n) is 5.27. The van der Waals surface area contributed by atoms with E-state index in [1.54, 1.807) is 16.8 Å². The van der Waals surface area contributed by atoms with E-state index in [2.05, 4.69) is 15.6 Å². The number of carbonyl (C=O) groups is 1. The zero-order valence-corrected chi connectivity index (χ0v) is 14.1. The van der Waals surface area contributed by atoms with E-state index in [-0.39, 0.29) is 29.3 Å². The first-order chi connectivity index (χ1) is 12.2. The summed E-state index contributed by atoms with van der Waals surface area (Å²) in [5, 5.41) is 11.2. The molecular weight excluding hydrogens is 320 g/mol. The number of carbonyl (C=O) groups excluding carboxylic acids is 1. The van der Waals surface area contributed by atoms with Crippen molar-refractivity contribution in [1.29, 1.82) is 0 Å². The number of amides is 1. The van der Waals surface area contributed by atoms with Crippen LogP contribution in [0, 0.1) is 0 Å². The van der Waals surface area contributed by atoms with Crippen LogP contribution in [-0.2, 0) is 12.8 Å². The molecule has 2 aromatic heterocycles. The highest BCUT2D eigenvalue weighted by Crippen LogP contribution is 2.28. The molecule has 7 heteroatoms. The highest BCUT2D eigenvalue weighted by molar-refractivity contribution is 5.91. The Balaban J connectivity index is 1.40. The molecule has 1 amide bonds. The Hall–Kier alpha value is -2.44. The summed E-state index contributed by atoms with van der Waals surface area (Å²) in [5.41, 5.74) is 2.22. The first-order valence-corrected chi connectivity index (χ1v) is 9.04. The van der Waals surface area contributed by atoms with E-state index in [1.807, 2.05) is 0 Å². The molecule has 0 spiro atoms. The molecule has 132 valence electrons. The summed E-state index contributed by atoms with van der Waals surface area (Å²) in [5.74, 6) is -0.000260. The number of nitrogens with one attached hydrogen (secondary N) is 1. The van der Waals surface area contributed by atoms with Gasteiger partial charge in [-0.15, -0.1) is 0 Å². The lowest BCUT2D eigenvalue weighted by Gasteiger charge is -2.30. The highest BCUT2D eigenvalue weighted by Gasteiger charge is 2.26. The smallest absolute Gasteiger partial charge is 0.290 e. The van der Waals surface area contributed by atoms with Crippen LogP contribution in [0.1, 0.15) is 66.4 Å². The number of nitrogens with zero attached hydrogens (tertiary/aromatic N) is 3. The van der Waals surface area contributed by atoms with Crippen molar-refractivity contribution in [1.82, 2.24) is 20.3 Å². The lowest BCUT2D eigenvalue weighted by atomic mass is 9.91. The molecule has 0 aliphatic heterocycles. The molecule has 0 unspecified atom stereocenters. The molecule has 2 aromatic rings. The maximum Gasteiger partial charge on any atom is 0.290 e. The zero-order valence-electron chi connectivity index (χ0n) is 14.1. The fourth-order valence-corrected chi connectivity index (χ4v) is 3.89. The largest absolute Gasteiger partial charge is 0.351 e. The van der Waals surface area contributed by atoms with Gasteiger partial charge in [0.2, 0.25) is 5.76 Å². The summed E-state index contributed by atoms with van der Waals surface area (Å²) >= 11 is 0. The highest BCUT2D eigenvalue weighted by atomic mass is 16.5. The molecule has 2 aliphatic rings. The van der Waals surface area contributed by atoms with Crippen LogP contribution in [0.5, 0.6) is 0 Å². The average Bonchev–Trinajstić information content (AvgIpc) is 3.17. The van der Waals surface area contributed by atoms with Gasteiger partial charge >= 0.3 is 0 Å². The van der Waals surface area contributed by atoms with Gasteiger partial charge in [0, 0.05) is 18.2 Å². The second kappa shape index (κ2) is 6.82. The Morgan fingerprint density at radius 1 is 1.20 bits per heavy atom. The van der Waals surface area contributed by atoms with Gasteiger partial charge < -0.3 is 9.84 Å². The number of fused-ring (bicyclic) bond motifs is 1. The van der Waals surface area contributed by atoms with Crippen molar-refractivity contribution in [2.75, 3.05) is 0 Å². The Bertz CT molecular complexity index is 804. The molecule has 0 radical (unpaired) electrons. The Morgan fingerprint density at radius 2 is 2.00 bits per heavy atom. The van der Waals surface area contributed by atoms with E-state index in [1.165, 1.54) is 6.20 Å². The summed E-state index contributed by atoms with van der Waals surface area (Å²) in [7, 11) is 0. The Kier molecular flexibility index (Phi) is 4.38. The molecule has 7 nitrogen and oxygen atoms in total. The lowest BCUT2D eigenvalue weighted by Crippen LogP contribution is -2.39. The van der Waals surface area contributed by atoms with Crippen molar-refractivity contribution < 1.29 is 9.32 Å². The molecule has 4 rings (SSSR count). The molecule has 1 fully saturated rings. The van der Waals surface area contributed by atoms with Crippen LogP contribution < -0.4 is 10.9 Å². The molecule has 0 atom stereocenters. The first-order valence-electron chi connectivity index (χ1n) is 9.04. The minimum Gasteiger partial charge on any atom is -0.351 e. The van der Waals surface area contributed by atoms with Gasteiger partial charge in [-0.05, 0) is 56.9 Å². The van der Waals surface area contributed by atoms with Gasteiger partial charge in [0.15, 0.2) is 0 Å². The molecule has 0 saturated heterocycles. The minimum atomic E-state index is -0.231. The van der Waals surface area contributed by atoms with Crippen molar-refractivity contribution in [3.63, 3.8) is 0 Å². The van der Waals surface area contributed by atoms with Crippen LogP contribution in [0.2, 0.25) is 0 Å². The van der Waals surface area contributed by atoms with Gasteiger partial charge in [-0.1, -0.05) is 5.16 Å². The summed E-state index contributed by atoms with van der Waals surface area (Å²) < 4.78 is 6.56. The van der Waals surface area contributed by atoms with Crippen molar-refractivity contribution in [3.8, 4) is 0 Å². The van der Waals surface area contributed by atoms with Gasteiger partial charge in [-0.3, -0.25) is 9.59 Å². The lowest BCUT2D eigenvalue weighted by molar-refractivity contribution is 0.0884. The van der Waals surface area contributed by atoms with Gasteiger partial charge in [0.25, 0.3) is 11.5 Å². The van der Waals surface area contributed by atoms with Crippen molar-refractivity contribution in [3.05, 3.63) is 45.7 Å². The SMILES string of the molecule is O=C(NC1CCC(n2nc3c(cc2=O)CCCC3)CC1)c1ccno1. The molecule has 2 aliphatic carbocycles. The third-order valence-corrected chi connectivity index (χ3v) is 5.27. The maximum absolute atomic E-state index is 12.4. The summed E-state index contributed by atoms with van der Waals surface area (Å²) in [4.78, 5) is 24.4. The van der Waals surface area contributed by atoms with Crippen molar-refractivity contribution in [2.45, 2.75) is 63.5 Å². The molecule has 1 N–H and O–H groups in total. The van der Waals surface area contributed by atoms with E-state index in [0.29, 0.717) is 0 Å². The summed E-state index contributed by atoms with van der Waals surface area (Å²) in [6.07, 6.45) is 9.04. The minimum absolute atomic E-state index is 0.00907. The fraction of sp³-hybridized carbons (Fsp3) is 0.556. The van der Waals surface area contributed by atoms with E-state index < -0.39 is 0 Å². The molecule has 2 heterocycles. The molecule has 0 bridgehead atoms. The summed E-state index contributed by atoms with van der Waals surface area (Å²) in [6.45, 7) is 0. The van der Waals surface area contributed by atoms with Crippen molar-refractivity contribution in [2.24, 2.45) is 0 Å². The monoisotopic (exact) mass is 342 g/mol. The number of hydrogen-bond acceptors (Lipinski definition) is 5. The predicted molar refractivity (Wildman–Crippen MR) is 90.4 cm³/mol. The zero-order chi connectivity index (χ0) is 17.2. The number of aryl methyl sites for hydroxylation is 2. The van der Waals surface area contributed by atoms with Gasteiger partial charge in [-0.25, -0.2) is 4.68 Å².